The first-order chi connectivity index (χ1) is 9.75. The summed E-state index contributed by atoms with van der Waals surface area (Å²) in [7, 11) is 0. The van der Waals surface area contributed by atoms with Gasteiger partial charge in [-0.15, -0.1) is 24.8 Å². The van der Waals surface area contributed by atoms with Crippen LogP contribution in [0, 0.1) is 0 Å². The van der Waals surface area contributed by atoms with Crippen LogP contribution in [0.4, 0.5) is 0 Å². The predicted octanol–water partition coefficient (Wildman–Crippen LogP) is 2.01. The van der Waals surface area contributed by atoms with Crippen molar-refractivity contribution in [2.45, 2.75) is 13.0 Å². The topological polar surface area (TPSA) is 71.3 Å². The SMILES string of the molecule is C[C@H]1CNCCN1C(=O)c1cc(-c2cccnc2)on1.Cl.Cl. The standard InChI is InChI=1S/C14H16N4O2.2ClH/c1-10-8-16-5-6-18(10)14(19)12-7-13(20-17-12)11-3-2-4-15-9-11;;/h2-4,7,9-10,16H,5-6,8H2,1H3;2*1H/t10-;;/m0../s1. The van der Waals surface area contributed by atoms with Crippen LogP contribution < -0.4 is 5.32 Å². The Kier molecular flexibility index (Phi) is 6.80. The van der Waals surface area contributed by atoms with Crippen LogP contribution in [0.1, 0.15) is 17.4 Å². The average Bonchev–Trinajstić information content (AvgIpc) is 2.98. The number of carbonyl (C=O) groups excluding carboxylic acids is 1. The molecule has 6 nitrogen and oxygen atoms in total. The van der Waals surface area contributed by atoms with Crippen molar-refractivity contribution in [3.8, 4) is 11.3 Å². The van der Waals surface area contributed by atoms with E-state index in [2.05, 4.69) is 15.5 Å². The number of amides is 1. The summed E-state index contributed by atoms with van der Waals surface area (Å²) in [6, 6.07) is 5.52. The fraction of sp³-hybridized carbons (Fsp3) is 0.357. The Morgan fingerprint density at radius 2 is 2.27 bits per heavy atom. The maximum Gasteiger partial charge on any atom is 0.276 e. The first kappa shape index (κ1) is 18.4. The fourth-order valence-electron chi connectivity index (χ4n) is 2.31. The Bertz CT molecular complexity index is 606. The van der Waals surface area contributed by atoms with Crippen molar-refractivity contribution >= 4 is 30.7 Å². The predicted molar refractivity (Wildman–Crippen MR) is 87.6 cm³/mol. The highest BCUT2D eigenvalue weighted by molar-refractivity contribution is 5.93. The highest BCUT2D eigenvalue weighted by Crippen LogP contribution is 2.20. The number of pyridine rings is 1. The lowest BCUT2D eigenvalue weighted by atomic mass is 10.2. The number of hydrogen-bond acceptors (Lipinski definition) is 5. The largest absolute Gasteiger partial charge is 0.355 e. The van der Waals surface area contributed by atoms with Crippen LogP contribution in [0.2, 0.25) is 0 Å². The Morgan fingerprint density at radius 1 is 1.45 bits per heavy atom. The number of nitrogens with zero attached hydrogens (tertiary/aromatic N) is 3. The van der Waals surface area contributed by atoms with Crippen LogP contribution in [0.15, 0.2) is 35.1 Å². The van der Waals surface area contributed by atoms with Crippen molar-refractivity contribution in [1.29, 1.82) is 0 Å². The summed E-state index contributed by atoms with van der Waals surface area (Å²) < 4.78 is 5.24. The number of aromatic nitrogens is 2. The van der Waals surface area contributed by atoms with E-state index in [1.54, 1.807) is 18.5 Å². The zero-order chi connectivity index (χ0) is 13.9. The number of hydrogen-bond donors (Lipinski definition) is 1. The van der Waals surface area contributed by atoms with Gasteiger partial charge in [0.25, 0.3) is 5.91 Å². The van der Waals surface area contributed by atoms with Crippen LogP contribution in [0.25, 0.3) is 11.3 Å². The quantitative estimate of drug-likeness (QED) is 0.902. The molecule has 0 aliphatic carbocycles. The van der Waals surface area contributed by atoms with Crippen molar-refractivity contribution in [3.63, 3.8) is 0 Å². The summed E-state index contributed by atoms with van der Waals surface area (Å²) in [5, 5.41) is 7.14. The van der Waals surface area contributed by atoms with E-state index in [1.165, 1.54) is 0 Å². The molecule has 3 rings (SSSR count). The maximum absolute atomic E-state index is 12.4. The van der Waals surface area contributed by atoms with Crippen LogP contribution in [0.3, 0.4) is 0 Å². The molecule has 0 spiro atoms. The van der Waals surface area contributed by atoms with Gasteiger partial charge in [-0.1, -0.05) is 5.16 Å². The third-order valence-electron chi connectivity index (χ3n) is 3.44. The zero-order valence-corrected chi connectivity index (χ0v) is 13.7. The number of carbonyl (C=O) groups is 1. The lowest BCUT2D eigenvalue weighted by Gasteiger charge is -2.33. The summed E-state index contributed by atoms with van der Waals surface area (Å²) >= 11 is 0. The molecule has 2 aromatic rings. The molecule has 1 N–H and O–H groups in total. The number of halogens is 2. The molecule has 0 radical (unpaired) electrons. The molecule has 0 aromatic carbocycles. The molecule has 2 aromatic heterocycles. The van der Waals surface area contributed by atoms with Crippen molar-refractivity contribution in [2.75, 3.05) is 19.6 Å². The Hall–Kier alpha value is -1.63. The van der Waals surface area contributed by atoms with E-state index in [1.807, 2.05) is 24.0 Å². The van der Waals surface area contributed by atoms with Gasteiger partial charge >= 0.3 is 0 Å². The van der Waals surface area contributed by atoms with Gasteiger partial charge in [0.15, 0.2) is 11.5 Å². The van der Waals surface area contributed by atoms with Gasteiger partial charge in [-0.25, -0.2) is 0 Å². The molecular formula is C14H18Cl2N4O2. The Balaban J connectivity index is 0.00000121. The van der Waals surface area contributed by atoms with Crippen LogP contribution in [-0.2, 0) is 0 Å². The van der Waals surface area contributed by atoms with Gasteiger partial charge < -0.3 is 14.7 Å². The first-order valence-corrected chi connectivity index (χ1v) is 6.64. The van der Waals surface area contributed by atoms with E-state index < -0.39 is 0 Å². The molecule has 1 amide bonds. The molecule has 22 heavy (non-hydrogen) atoms. The summed E-state index contributed by atoms with van der Waals surface area (Å²) in [5.41, 5.74) is 1.16. The van der Waals surface area contributed by atoms with Gasteiger partial charge in [0.1, 0.15) is 0 Å². The second kappa shape index (κ2) is 8.12. The van der Waals surface area contributed by atoms with Gasteiger partial charge in [0.2, 0.25) is 0 Å². The van der Waals surface area contributed by atoms with Gasteiger partial charge in [-0.05, 0) is 19.1 Å². The minimum atomic E-state index is -0.0853. The molecule has 1 fully saturated rings. The van der Waals surface area contributed by atoms with Crippen LogP contribution in [0.5, 0.6) is 0 Å². The molecule has 0 unspecified atom stereocenters. The minimum Gasteiger partial charge on any atom is -0.355 e. The maximum atomic E-state index is 12.4. The third-order valence-corrected chi connectivity index (χ3v) is 3.44. The molecule has 0 saturated carbocycles. The highest BCUT2D eigenvalue weighted by Gasteiger charge is 2.26. The van der Waals surface area contributed by atoms with E-state index in [0.717, 1.165) is 18.7 Å². The van der Waals surface area contributed by atoms with Crippen molar-refractivity contribution in [3.05, 3.63) is 36.3 Å². The summed E-state index contributed by atoms with van der Waals surface area (Å²) in [6.45, 7) is 4.32. The van der Waals surface area contributed by atoms with Gasteiger partial charge in [0.05, 0.1) is 0 Å². The molecule has 1 aliphatic heterocycles. The summed E-state index contributed by atoms with van der Waals surface area (Å²) in [5.74, 6) is 0.474. The van der Waals surface area contributed by atoms with E-state index in [4.69, 9.17) is 4.52 Å². The van der Waals surface area contributed by atoms with E-state index in [0.29, 0.717) is 18.0 Å². The molecule has 120 valence electrons. The van der Waals surface area contributed by atoms with Crippen molar-refractivity contribution < 1.29 is 9.32 Å². The molecule has 1 saturated heterocycles. The Morgan fingerprint density at radius 3 is 2.95 bits per heavy atom. The zero-order valence-electron chi connectivity index (χ0n) is 12.1. The number of rotatable bonds is 2. The first-order valence-electron chi connectivity index (χ1n) is 6.64. The molecule has 1 aliphatic rings. The number of nitrogens with one attached hydrogen (secondary N) is 1. The second-order valence-corrected chi connectivity index (χ2v) is 4.87. The molecular weight excluding hydrogens is 327 g/mol. The molecule has 0 bridgehead atoms. The summed E-state index contributed by atoms with van der Waals surface area (Å²) in [4.78, 5) is 18.3. The summed E-state index contributed by atoms with van der Waals surface area (Å²) in [6.07, 6.45) is 3.37. The van der Waals surface area contributed by atoms with E-state index in [9.17, 15) is 4.79 Å². The number of piperazine rings is 1. The lowest BCUT2D eigenvalue weighted by molar-refractivity contribution is 0.0645. The Labute approximate surface area is 141 Å². The van der Waals surface area contributed by atoms with Crippen LogP contribution >= 0.6 is 24.8 Å². The van der Waals surface area contributed by atoms with Crippen LogP contribution in [-0.4, -0.2) is 46.6 Å². The third kappa shape index (κ3) is 3.76. The van der Waals surface area contributed by atoms with E-state index >= 15 is 0 Å². The van der Waals surface area contributed by atoms with Gasteiger partial charge in [-0.2, -0.15) is 0 Å². The normalized spacial score (nSPS) is 17.3. The van der Waals surface area contributed by atoms with Crippen molar-refractivity contribution in [1.82, 2.24) is 20.4 Å². The lowest BCUT2D eigenvalue weighted by Crippen LogP contribution is -2.52. The molecule has 3 heterocycles. The second-order valence-electron chi connectivity index (χ2n) is 4.87. The minimum absolute atomic E-state index is 0. The molecule has 8 heteroatoms. The molecule has 1 atom stereocenters. The van der Waals surface area contributed by atoms with E-state index in [-0.39, 0.29) is 36.8 Å². The van der Waals surface area contributed by atoms with Crippen molar-refractivity contribution in [2.24, 2.45) is 0 Å². The van der Waals surface area contributed by atoms with Gasteiger partial charge in [0, 0.05) is 49.7 Å². The average molecular weight is 345 g/mol. The smallest absolute Gasteiger partial charge is 0.276 e. The monoisotopic (exact) mass is 344 g/mol. The van der Waals surface area contributed by atoms with Gasteiger partial charge in [-0.3, -0.25) is 9.78 Å². The highest BCUT2D eigenvalue weighted by atomic mass is 35.5. The fourth-order valence-corrected chi connectivity index (χ4v) is 2.31.